The number of nitrogens with zero attached hydrogens (tertiary/aromatic N) is 1. The molecule has 1 heterocycles. The molecule has 1 amide bonds. The summed E-state index contributed by atoms with van der Waals surface area (Å²) in [4.78, 5) is 23.8. The molecule has 5 nitrogen and oxygen atoms in total. The molecule has 23 heavy (non-hydrogen) atoms. The van der Waals surface area contributed by atoms with Gasteiger partial charge in [0.05, 0.1) is 18.4 Å². The van der Waals surface area contributed by atoms with E-state index in [9.17, 15) is 22.8 Å². The molecule has 1 fully saturated rings. The van der Waals surface area contributed by atoms with Gasteiger partial charge in [-0.05, 0) is 5.56 Å². The average molecular weight is 331 g/mol. The second-order valence-electron chi connectivity index (χ2n) is 5.37. The van der Waals surface area contributed by atoms with Crippen LogP contribution in [0.25, 0.3) is 0 Å². The number of alkyl halides is 3. The molecule has 1 aliphatic heterocycles. The first-order valence-corrected chi connectivity index (χ1v) is 6.98. The highest BCUT2D eigenvalue weighted by molar-refractivity contribution is 5.80. The molecular weight excluding hydrogens is 315 g/mol. The van der Waals surface area contributed by atoms with Crippen molar-refractivity contribution in [2.24, 2.45) is 11.8 Å². The Kier molecular flexibility index (Phi) is 5.25. The van der Waals surface area contributed by atoms with E-state index in [4.69, 9.17) is 9.84 Å². The molecule has 0 unspecified atom stereocenters. The molecular formula is C15H16F3NO4. The standard InChI is InChI=1S/C15H16F3NO4/c16-15(17,18)12-7-19(6-11(12)14(21)22)13(20)9-23-8-10-4-2-1-3-5-10/h1-5,11-12H,6-9H2,(H,21,22)/t11-,12-/m1/s1. The highest BCUT2D eigenvalue weighted by Crippen LogP contribution is 2.37. The van der Waals surface area contributed by atoms with E-state index in [2.05, 4.69) is 0 Å². The van der Waals surface area contributed by atoms with Crippen molar-refractivity contribution in [3.8, 4) is 0 Å². The Bertz CT molecular complexity index is 562. The smallest absolute Gasteiger partial charge is 0.394 e. The van der Waals surface area contributed by atoms with Gasteiger partial charge in [-0.25, -0.2) is 0 Å². The summed E-state index contributed by atoms with van der Waals surface area (Å²) in [6, 6.07) is 9.00. The largest absolute Gasteiger partial charge is 0.481 e. The van der Waals surface area contributed by atoms with Crippen LogP contribution < -0.4 is 0 Å². The van der Waals surface area contributed by atoms with Crippen LogP contribution in [0, 0.1) is 11.8 Å². The summed E-state index contributed by atoms with van der Waals surface area (Å²) < 4.78 is 43.7. The molecule has 1 saturated heterocycles. The molecule has 8 heteroatoms. The molecule has 0 saturated carbocycles. The van der Waals surface area contributed by atoms with Crippen molar-refractivity contribution in [3.63, 3.8) is 0 Å². The summed E-state index contributed by atoms with van der Waals surface area (Å²) in [6.07, 6.45) is -4.65. The van der Waals surface area contributed by atoms with Gasteiger partial charge in [0.2, 0.25) is 5.91 Å². The Morgan fingerprint density at radius 1 is 1.22 bits per heavy atom. The van der Waals surface area contributed by atoms with Gasteiger partial charge in [0.25, 0.3) is 0 Å². The number of carboxylic acid groups (broad SMARTS) is 1. The number of carbonyl (C=O) groups is 2. The lowest BCUT2D eigenvalue weighted by atomic mass is 9.96. The molecule has 2 atom stereocenters. The normalized spacial score (nSPS) is 21.4. The van der Waals surface area contributed by atoms with Gasteiger partial charge in [-0.15, -0.1) is 0 Å². The molecule has 1 aliphatic rings. The van der Waals surface area contributed by atoms with E-state index in [0.717, 1.165) is 10.5 Å². The fourth-order valence-corrected chi connectivity index (χ4v) is 2.51. The van der Waals surface area contributed by atoms with Crippen molar-refractivity contribution < 1.29 is 32.6 Å². The van der Waals surface area contributed by atoms with Crippen LogP contribution in [0.15, 0.2) is 30.3 Å². The summed E-state index contributed by atoms with van der Waals surface area (Å²) in [7, 11) is 0. The number of rotatable bonds is 5. The van der Waals surface area contributed by atoms with Crippen molar-refractivity contribution in [2.45, 2.75) is 12.8 Å². The van der Waals surface area contributed by atoms with Crippen LogP contribution in [-0.4, -0.2) is 47.8 Å². The summed E-state index contributed by atoms with van der Waals surface area (Å²) in [6.45, 7) is -1.32. The predicted molar refractivity (Wildman–Crippen MR) is 73.3 cm³/mol. The van der Waals surface area contributed by atoms with Crippen LogP contribution in [0.1, 0.15) is 5.56 Å². The zero-order valence-electron chi connectivity index (χ0n) is 12.1. The third kappa shape index (κ3) is 4.44. The number of halogens is 3. The Labute approximate surface area is 130 Å². The van der Waals surface area contributed by atoms with Crippen molar-refractivity contribution >= 4 is 11.9 Å². The van der Waals surface area contributed by atoms with E-state index in [1.807, 2.05) is 6.07 Å². The van der Waals surface area contributed by atoms with Crippen LogP contribution >= 0.6 is 0 Å². The maximum absolute atomic E-state index is 12.8. The second kappa shape index (κ2) is 6.99. The van der Waals surface area contributed by atoms with Crippen molar-refractivity contribution in [2.75, 3.05) is 19.7 Å². The third-order valence-electron chi connectivity index (χ3n) is 3.75. The number of benzene rings is 1. The second-order valence-corrected chi connectivity index (χ2v) is 5.37. The van der Waals surface area contributed by atoms with Gasteiger partial charge < -0.3 is 14.7 Å². The highest BCUT2D eigenvalue weighted by Gasteiger charge is 2.53. The summed E-state index contributed by atoms with van der Waals surface area (Å²) in [5, 5.41) is 8.90. The van der Waals surface area contributed by atoms with Gasteiger partial charge in [-0.2, -0.15) is 13.2 Å². The van der Waals surface area contributed by atoms with Gasteiger partial charge >= 0.3 is 12.1 Å². The number of ether oxygens (including phenoxy) is 1. The fourth-order valence-electron chi connectivity index (χ4n) is 2.51. The molecule has 0 bridgehead atoms. The number of hydrogen-bond donors (Lipinski definition) is 1. The first kappa shape index (κ1) is 17.3. The first-order valence-electron chi connectivity index (χ1n) is 6.98. The maximum Gasteiger partial charge on any atom is 0.394 e. The summed E-state index contributed by atoms with van der Waals surface area (Å²) >= 11 is 0. The van der Waals surface area contributed by atoms with Crippen LogP contribution in [0.3, 0.4) is 0 Å². The lowest BCUT2D eigenvalue weighted by molar-refractivity contribution is -0.188. The molecule has 1 N–H and O–H groups in total. The Hall–Kier alpha value is -2.09. The number of likely N-dealkylation sites (tertiary alicyclic amines) is 1. The topological polar surface area (TPSA) is 66.8 Å². The lowest BCUT2D eigenvalue weighted by Crippen LogP contribution is -2.34. The number of carbonyl (C=O) groups excluding carboxylic acids is 1. The van der Waals surface area contributed by atoms with Crippen LogP contribution in [-0.2, 0) is 20.9 Å². The van der Waals surface area contributed by atoms with Gasteiger partial charge in [0.15, 0.2) is 0 Å². The zero-order chi connectivity index (χ0) is 17.0. The van der Waals surface area contributed by atoms with E-state index >= 15 is 0 Å². The molecule has 1 aromatic rings. The zero-order valence-corrected chi connectivity index (χ0v) is 12.1. The van der Waals surface area contributed by atoms with Gasteiger partial charge in [0, 0.05) is 13.1 Å². The molecule has 0 aromatic heterocycles. The summed E-state index contributed by atoms with van der Waals surface area (Å²) in [5.74, 6) is -5.86. The SMILES string of the molecule is O=C(O)[C@@H]1CN(C(=O)COCc2ccccc2)C[C@H]1C(F)(F)F. The fraction of sp³-hybridized carbons (Fsp3) is 0.467. The number of carboxylic acids is 1. The predicted octanol–water partition coefficient (Wildman–Crippen LogP) is 1.92. The highest BCUT2D eigenvalue weighted by atomic mass is 19.4. The molecule has 0 radical (unpaired) electrons. The molecule has 126 valence electrons. The maximum atomic E-state index is 12.8. The van der Waals surface area contributed by atoms with Gasteiger partial charge in [-0.3, -0.25) is 9.59 Å². The van der Waals surface area contributed by atoms with Crippen LogP contribution in [0.2, 0.25) is 0 Å². The minimum absolute atomic E-state index is 0.158. The average Bonchev–Trinajstić information content (AvgIpc) is 2.94. The quantitative estimate of drug-likeness (QED) is 0.895. The Morgan fingerprint density at radius 2 is 1.87 bits per heavy atom. The monoisotopic (exact) mass is 331 g/mol. The lowest BCUT2D eigenvalue weighted by Gasteiger charge is -2.18. The van der Waals surface area contributed by atoms with Crippen LogP contribution in [0.5, 0.6) is 0 Å². The van der Waals surface area contributed by atoms with E-state index in [0.29, 0.717) is 0 Å². The molecule has 0 aliphatic carbocycles. The van der Waals surface area contributed by atoms with E-state index in [1.165, 1.54) is 0 Å². The molecule has 2 rings (SSSR count). The molecule has 0 spiro atoms. The van der Waals surface area contributed by atoms with Gasteiger partial charge in [0.1, 0.15) is 6.61 Å². The minimum atomic E-state index is -4.65. The number of aliphatic carboxylic acids is 1. The van der Waals surface area contributed by atoms with Crippen molar-refractivity contribution in [1.29, 1.82) is 0 Å². The number of hydrogen-bond acceptors (Lipinski definition) is 3. The van der Waals surface area contributed by atoms with Crippen molar-refractivity contribution in [3.05, 3.63) is 35.9 Å². The van der Waals surface area contributed by atoms with Crippen LogP contribution in [0.4, 0.5) is 13.2 Å². The van der Waals surface area contributed by atoms with E-state index in [-0.39, 0.29) is 13.2 Å². The Balaban J connectivity index is 1.89. The first-order chi connectivity index (χ1) is 10.8. The van der Waals surface area contributed by atoms with Gasteiger partial charge in [-0.1, -0.05) is 30.3 Å². The third-order valence-corrected chi connectivity index (χ3v) is 3.75. The van der Waals surface area contributed by atoms with E-state index in [1.54, 1.807) is 24.3 Å². The molecule has 1 aromatic carbocycles. The minimum Gasteiger partial charge on any atom is -0.481 e. The van der Waals surface area contributed by atoms with Crippen molar-refractivity contribution in [1.82, 2.24) is 4.90 Å². The van der Waals surface area contributed by atoms with E-state index < -0.39 is 43.0 Å². The Morgan fingerprint density at radius 3 is 2.39 bits per heavy atom. The number of amides is 1. The summed E-state index contributed by atoms with van der Waals surface area (Å²) in [5.41, 5.74) is 0.832.